The predicted molar refractivity (Wildman–Crippen MR) is 110 cm³/mol. The molecule has 0 aliphatic carbocycles. The molecule has 1 saturated heterocycles. The smallest absolute Gasteiger partial charge is 0.316 e. The van der Waals surface area contributed by atoms with Crippen molar-refractivity contribution in [3.8, 4) is 17.2 Å². The molecule has 2 aromatic carbocycles. The predicted octanol–water partition coefficient (Wildman–Crippen LogP) is 1.53. The molecule has 3 rings (SSSR count). The SMILES string of the molecule is COc1ccc(N2CCN(CC(=O)Nc3cc(OC)cc(OC)c3)C(=O)C2=O)cc1. The molecule has 30 heavy (non-hydrogen) atoms. The summed E-state index contributed by atoms with van der Waals surface area (Å²) in [5.74, 6) is -0.142. The Balaban J connectivity index is 1.63. The maximum Gasteiger partial charge on any atom is 0.316 e. The number of carbonyl (C=O) groups excluding carboxylic acids is 3. The van der Waals surface area contributed by atoms with E-state index in [9.17, 15) is 14.4 Å². The monoisotopic (exact) mass is 413 g/mol. The molecule has 158 valence electrons. The van der Waals surface area contributed by atoms with Crippen LogP contribution < -0.4 is 24.4 Å². The quantitative estimate of drug-likeness (QED) is 0.692. The van der Waals surface area contributed by atoms with Crippen LogP contribution in [-0.4, -0.2) is 63.6 Å². The number of piperazine rings is 1. The average Bonchev–Trinajstić information content (AvgIpc) is 2.76. The molecular weight excluding hydrogens is 390 g/mol. The van der Waals surface area contributed by atoms with E-state index in [1.807, 2.05) is 0 Å². The standard InChI is InChI=1S/C21H23N3O6/c1-28-16-6-4-15(5-7-16)24-9-8-23(20(26)21(24)27)13-19(25)22-14-10-17(29-2)12-18(11-14)30-3/h4-7,10-12H,8-9,13H2,1-3H3,(H,22,25). The fraction of sp³-hybridized carbons (Fsp3) is 0.286. The van der Waals surface area contributed by atoms with Crippen molar-refractivity contribution in [1.82, 2.24) is 4.90 Å². The number of methoxy groups -OCH3 is 3. The Bertz CT molecular complexity index is 922. The Kier molecular flexibility index (Phi) is 6.41. The van der Waals surface area contributed by atoms with Crippen LogP contribution in [-0.2, 0) is 14.4 Å². The second kappa shape index (κ2) is 9.17. The van der Waals surface area contributed by atoms with Gasteiger partial charge in [-0.15, -0.1) is 0 Å². The first-order chi connectivity index (χ1) is 14.4. The van der Waals surface area contributed by atoms with Gasteiger partial charge in [-0.3, -0.25) is 14.4 Å². The molecule has 9 heteroatoms. The lowest BCUT2D eigenvalue weighted by Gasteiger charge is -2.33. The molecule has 0 aromatic heterocycles. The van der Waals surface area contributed by atoms with Crippen molar-refractivity contribution in [2.75, 3.05) is 51.2 Å². The highest BCUT2D eigenvalue weighted by Crippen LogP contribution is 2.26. The summed E-state index contributed by atoms with van der Waals surface area (Å²) in [6.07, 6.45) is 0. The Morgan fingerprint density at radius 3 is 2.03 bits per heavy atom. The maximum absolute atomic E-state index is 12.5. The number of hydrogen-bond acceptors (Lipinski definition) is 6. The zero-order chi connectivity index (χ0) is 21.7. The van der Waals surface area contributed by atoms with Gasteiger partial charge in [0.05, 0.1) is 21.3 Å². The number of anilines is 2. The van der Waals surface area contributed by atoms with Gasteiger partial charge < -0.3 is 29.3 Å². The summed E-state index contributed by atoms with van der Waals surface area (Å²) in [6, 6.07) is 11.8. The summed E-state index contributed by atoms with van der Waals surface area (Å²) in [5, 5.41) is 2.70. The van der Waals surface area contributed by atoms with Crippen LogP contribution >= 0.6 is 0 Å². The van der Waals surface area contributed by atoms with Crippen LogP contribution in [0.15, 0.2) is 42.5 Å². The minimum Gasteiger partial charge on any atom is -0.497 e. The van der Waals surface area contributed by atoms with Crippen LogP contribution in [0.3, 0.4) is 0 Å². The van der Waals surface area contributed by atoms with Gasteiger partial charge in [-0.1, -0.05) is 0 Å². The fourth-order valence-electron chi connectivity index (χ4n) is 3.09. The third-order valence-corrected chi connectivity index (χ3v) is 4.66. The number of nitrogens with one attached hydrogen (secondary N) is 1. The fourth-order valence-corrected chi connectivity index (χ4v) is 3.09. The number of hydrogen-bond donors (Lipinski definition) is 1. The minimum atomic E-state index is -0.726. The number of carbonyl (C=O) groups is 3. The van der Waals surface area contributed by atoms with Crippen LogP contribution in [0.2, 0.25) is 0 Å². The second-order valence-electron chi connectivity index (χ2n) is 6.53. The van der Waals surface area contributed by atoms with Gasteiger partial charge in [0.1, 0.15) is 23.8 Å². The van der Waals surface area contributed by atoms with E-state index in [2.05, 4.69) is 5.32 Å². The first-order valence-corrected chi connectivity index (χ1v) is 9.23. The minimum absolute atomic E-state index is 0.236. The van der Waals surface area contributed by atoms with Gasteiger partial charge in [-0.2, -0.15) is 0 Å². The van der Waals surface area contributed by atoms with E-state index in [0.717, 1.165) is 0 Å². The summed E-state index contributed by atoms with van der Waals surface area (Å²) < 4.78 is 15.5. The van der Waals surface area contributed by atoms with Gasteiger partial charge in [0, 0.05) is 42.7 Å². The average molecular weight is 413 g/mol. The maximum atomic E-state index is 12.5. The van der Waals surface area contributed by atoms with E-state index in [4.69, 9.17) is 14.2 Å². The van der Waals surface area contributed by atoms with E-state index in [-0.39, 0.29) is 19.6 Å². The van der Waals surface area contributed by atoms with Gasteiger partial charge in [0.2, 0.25) is 5.91 Å². The summed E-state index contributed by atoms with van der Waals surface area (Å²) in [5.41, 5.74) is 1.06. The van der Waals surface area contributed by atoms with Gasteiger partial charge in [0.25, 0.3) is 0 Å². The summed E-state index contributed by atoms with van der Waals surface area (Å²) >= 11 is 0. The van der Waals surface area contributed by atoms with Crippen molar-refractivity contribution >= 4 is 29.1 Å². The number of amides is 3. The Morgan fingerprint density at radius 2 is 1.47 bits per heavy atom. The van der Waals surface area contributed by atoms with E-state index in [1.165, 1.54) is 24.0 Å². The van der Waals surface area contributed by atoms with Gasteiger partial charge in [0.15, 0.2) is 0 Å². The highest BCUT2D eigenvalue weighted by Gasteiger charge is 2.34. The molecule has 3 amide bonds. The molecule has 0 atom stereocenters. The first kappa shape index (κ1) is 21.0. The largest absolute Gasteiger partial charge is 0.497 e. The van der Waals surface area contributed by atoms with Crippen molar-refractivity contribution in [3.63, 3.8) is 0 Å². The lowest BCUT2D eigenvalue weighted by molar-refractivity contribution is -0.147. The molecule has 1 aliphatic rings. The first-order valence-electron chi connectivity index (χ1n) is 9.23. The normalized spacial score (nSPS) is 13.8. The summed E-state index contributed by atoms with van der Waals surface area (Å²) in [7, 11) is 4.56. The van der Waals surface area contributed by atoms with Crippen molar-refractivity contribution in [2.45, 2.75) is 0 Å². The highest BCUT2D eigenvalue weighted by atomic mass is 16.5. The molecule has 1 fully saturated rings. The van der Waals surface area contributed by atoms with Crippen molar-refractivity contribution in [1.29, 1.82) is 0 Å². The third kappa shape index (κ3) is 4.62. The van der Waals surface area contributed by atoms with Crippen molar-refractivity contribution in [2.24, 2.45) is 0 Å². The van der Waals surface area contributed by atoms with Gasteiger partial charge >= 0.3 is 11.8 Å². The van der Waals surface area contributed by atoms with Crippen LogP contribution in [0.25, 0.3) is 0 Å². The van der Waals surface area contributed by atoms with Crippen molar-refractivity contribution in [3.05, 3.63) is 42.5 Å². The molecule has 0 bridgehead atoms. The number of nitrogens with zero attached hydrogens (tertiary/aromatic N) is 2. The molecule has 2 aromatic rings. The van der Waals surface area contributed by atoms with Crippen LogP contribution in [0.1, 0.15) is 0 Å². The molecule has 1 aliphatic heterocycles. The Morgan fingerprint density at radius 1 is 0.867 bits per heavy atom. The molecule has 0 saturated carbocycles. The van der Waals surface area contributed by atoms with E-state index < -0.39 is 17.7 Å². The molecule has 0 radical (unpaired) electrons. The zero-order valence-electron chi connectivity index (χ0n) is 17.0. The summed E-state index contributed by atoms with van der Waals surface area (Å²) in [4.78, 5) is 40.1. The van der Waals surface area contributed by atoms with Gasteiger partial charge in [-0.25, -0.2) is 0 Å². The molecule has 0 unspecified atom stereocenters. The number of rotatable bonds is 7. The Hall–Kier alpha value is -3.75. The number of ether oxygens (including phenoxy) is 3. The molecule has 1 heterocycles. The van der Waals surface area contributed by atoms with E-state index in [0.29, 0.717) is 28.6 Å². The lowest BCUT2D eigenvalue weighted by atomic mass is 10.2. The molecule has 1 N–H and O–H groups in total. The van der Waals surface area contributed by atoms with E-state index in [1.54, 1.807) is 49.6 Å². The van der Waals surface area contributed by atoms with Gasteiger partial charge in [-0.05, 0) is 24.3 Å². The third-order valence-electron chi connectivity index (χ3n) is 4.66. The van der Waals surface area contributed by atoms with Crippen LogP contribution in [0, 0.1) is 0 Å². The molecular formula is C21H23N3O6. The molecule has 0 spiro atoms. The Labute approximate surface area is 174 Å². The highest BCUT2D eigenvalue weighted by molar-refractivity contribution is 6.41. The second-order valence-corrected chi connectivity index (χ2v) is 6.53. The zero-order valence-corrected chi connectivity index (χ0v) is 17.0. The molecule has 9 nitrogen and oxygen atoms in total. The lowest BCUT2D eigenvalue weighted by Crippen LogP contribution is -2.56. The van der Waals surface area contributed by atoms with Crippen LogP contribution in [0.4, 0.5) is 11.4 Å². The van der Waals surface area contributed by atoms with Crippen LogP contribution in [0.5, 0.6) is 17.2 Å². The summed E-state index contributed by atoms with van der Waals surface area (Å²) in [6.45, 7) is 0.295. The number of benzene rings is 2. The van der Waals surface area contributed by atoms with Crippen molar-refractivity contribution < 1.29 is 28.6 Å². The topological polar surface area (TPSA) is 97.4 Å². The van der Waals surface area contributed by atoms with E-state index >= 15 is 0 Å².